The Hall–Kier alpha value is -1.13. The number of carbonyl (C=O) groups excluding carboxylic acids is 1. The maximum Gasteiger partial charge on any atom is 0.306 e. The molecular formula is C38H72O4. The predicted octanol–water partition coefficient (Wildman–Crippen LogP) is 11.6. The van der Waals surface area contributed by atoms with Crippen LogP contribution in [0, 0.1) is 0 Å². The van der Waals surface area contributed by atoms with Gasteiger partial charge in [0.1, 0.15) is 6.10 Å². The zero-order valence-corrected chi connectivity index (χ0v) is 28.3. The van der Waals surface area contributed by atoms with E-state index in [1.807, 2.05) is 0 Å². The first-order valence-electron chi connectivity index (χ1n) is 18.4. The van der Waals surface area contributed by atoms with E-state index >= 15 is 0 Å². The van der Waals surface area contributed by atoms with Crippen molar-refractivity contribution in [3.05, 3.63) is 24.3 Å². The fourth-order valence-electron chi connectivity index (χ4n) is 5.24. The van der Waals surface area contributed by atoms with Crippen molar-refractivity contribution in [2.45, 2.75) is 193 Å². The second-order valence-corrected chi connectivity index (χ2v) is 12.3. The number of allylic oxidation sites excluding steroid dienone is 4. The van der Waals surface area contributed by atoms with Crippen LogP contribution in [-0.4, -0.2) is 37.0 Å². The van der Waals surface area contributed by atoms with E-state index in [0.29, 0.717) is 19.6 Å². The maximum atomic E-state index is 12.1. The Labute approximate surface area is 262 Å². The average molecular weight is 593 g/mol. The number of aliphatic hydroxyl groups is 1. The van der Waals surface area contributed by atoms with Crippen molar-refractivity contribution in [3.63, 3.8) is 0 Å². The first-order chi connectivity index (χ1) is 20.7. The smallest absolute Gasteiger partial charge is 0.306 e. The third-order valence-electron chi connectivity index (χ3n) is 8.03. The number of esters is 1. The molecule has 0 aromatic carbocycles. The average Bonchev–Trinajstić information content (AvgIpc) is 3.00. The Morgan fingerprint density at radius 3 is 1.50 bits per heavy atom. The molecule has 0 saturated heterocycles. The summed E-state index contributed by atoms with van der Waals surface area (Å²) in [5, 5.41) is 9.55. The molecule has 0 rings (SSSR count). The van der Waals surface area contributed by atoms with E-state index in [0.717, 1.165) is 25.7 Å². The second-order valence-electron chi connectivity index (χ2n) is 12.3. The van der Waals surface area contributed by atoms with Crippen LogP contribution in [0.4, 0.5) is 0 Å². The molecule has 0 saturated carbocycles. The molecule has 4 nitrogen and oxygen atoms in total. The van der Waals surface area contributed by atoms with Gasteiger partial charge in [-0.15, -0.1) is 0 Å². The molecule has 0 aliphatic heterocycles. The van der Waals surface area contributed by atoms with Gasteiger partial charge in [-0.25, -0.2) is 0 Å². The summed E-state index contributed by atoms with van der Waals surface area (Å²) in [5.41, 5.74) is 0. The molecule has 1 atom stereocenters. The zero-order chi connectivity index (χ0) is 30.6. The minimum atomic E-state index is -0.534. The molecule has 0 aromatic heterocycles. The van der Waals surface area contributed by atoms with E-state index < -0.39 is 6.10 Å². The van der Waals surface area contributed by atoms with Crippen LogP contribution in [0.2, 0.25) is 0 Å². The Kier molecular flexibility index (Phi) is 35.1. The number of rotatable bonds is 34. The molecule has 248 valence electrons. The molecule has 1 unspecified atom stereocenters. The van der Waals surface area contributed by atoms with Crippen LogP contribution in [0.15, 0.2) is 24.3 Å². The highest BCUT2D eigenvalue weighted by Crippen LogP contribution is 2.14. The summed E-state index contributed by atoms with van der Waals surface area (Å²) >= 11 is 0. The molecule has 0 spiro atoms. The highest BCUT2D eigenvalue weighted by molar-refractivity contribution is 5.69. The van der Waals surface area contributed by atoms with E-state index in [1.165, 1.54) is 141 Å². The van der Waals surface area contributed by atoms with Crippen LogP contribution in [-0.2, 0) is 14.3 Å². The van der Waals surface area contributed by atoms with E-state index in [9.17, 15) is 9.90 Å². The standard InChI is InChI=1S/C38H72O4/c1-3-5-7-9-11-13-15-17-18-19-20-22-24-26-28-30-32-34-41-36-37(35-39)42-38(40)33-31-29-27-25-23-21-16-14-12-10-8-6-4-2/h13,15,18-19,37,39H,3-12,14,16-17,20-36H2,1-2H3/b15-13-,19-18-. The predicted molar refractivity (Wildman–Crippen MR) is 182 cm³/mol. The molecule has 1 N–H and O–H groups in total. The lowest BCUT2D eigenvalue weighted by Crippen LogP contribution is -2.27. The summed E-state index contributed by atoms with van der Waals surface area (Å²) in [7, 11) is 0. The molecule has 0 fully saturated rings. The maximum absolute atomic E-state index is 12.1. The molecule has 0 radical (unpaired) electrons. The number of carbonyl (C=O) groups is 1. The van der Waals surface area contributed by atoms with Gasteiger partial charge in [-0.3, -0.25) is 4.79 Å². The van der Waals surface area contributed by atoms with Gasteiger partial charge in [0.25, 0.3) is 0 Å². The van der Waals surface area contributed by atoms with Gasteiger partial charge in [0, 0.05) is 13.0 Å². The first-order valence-corrected chi connectivity index (χ1v) is 18.4. The van der Waals surface area contributed by atoms with Crippen LogP contribution in [0.5, 0.6) is 0 Å². The summed E-state index contributed by atoms with van der Waals surface area (Å²) in [4.78, 5) is 12.1. The molecule has 4 heteroatoms. The van der Waals surface area contributed by atoms with Crippen molar-refractivity contribution in [2.75, 3.05) is 19.8 Å². The minimum absolute atomic E-state index is 0.172. The summed E-state index contributed by atoms with van der Waals surface area (Å²) in [5.74, 6) is -0.204. The van der Waals surface area contributed by atoms with Crippen molar-refractivity contribution >= 4 is 5.97 Å². The summed E-state index contributed by atoms with van der Waals surface area (Å²) in [6.45, 7) is 5.32. The Morgan fingerprint density at radius 2 is 1.00 bits per heavy atom. The minimum Gasteiger partial charge on any atom is -0.457 e. The van der Waals surface area contributed by atoms with Crippen LogP contribution in [0.1, 0.15) is 187 Å². The van der Waals surface area contributed by atoms with Gasteiger partial charge >= 0.3 is 5.97 Å². The van der Waals surface area contributed by atoms with Crippen LogP contribution >= 0.6 is 0 Å². The fraction of sp³-hybridized carbons (Fsp3) is 0.868. The lowest BCUT2D eigenvalue weighted by molar-refractivity contribution is -0.154. The number of unbranched alkanes of at least 4 members (excludes halogenated alkanes) is 22. The third kappa shape index (κ3) is 33.4. The van der Waals surface area contributed by atoms with Crippen molar-refractivity contribution in [1.82, 2.24) is 0 Å². The lowest BCUT2D eigenvalue weighted by atomic mass is 10.0. The molecule has 0 amide bonds. The molecular weight excluding hydrogens is 520 g/mol. The number of ether oxygens (including phenoxy) is 2. The lowest BCUT2D eigenvalue weighted by Gasteiger charge is -2.15. The van der Waals surface area contributed by atoms with Gasteiger partial charge in [-0.2, -0.15) is 0 Å². The van der Waals surface area contributed by atoms with Crippen LogP contribution in [0.3, 0.4) is 0 Å². The van der Waals surface area contributed by atoms with Crippen molar-refractivity contribution in [2.24, 2.45) is 0 Å². The zero-order valence-electron chi connectivity index (χ0n) is 28.3. The highest BCUT2D eigenvalue weighted by atomic mass is 16.6. The van der Waals surface area contributed by atoms with Crippen molar-refractivity contribution in [1.29, 1.82) is 0 Å². The largest absolute Gasteiger partial charge is 0.457 e. The molecule has 0 aliphatic rings. The summed E-state index contributed by atoms with van der Waals surface area (Å²) in [6.07, 6.45) is 42.1. The van der Waals surface area contributed by atoms with Gasteiger partial charge in [-0.05, 0) is 44.9 Å². The van der Waals surface area contributed by atoms with Crippen molar-refractivity contribution < 1.29 is 19.4 Å². The van der Waals surface area contributed by atoms with Gasteiger partial charge in [0.05, 0.1) is 13.2 Å². The molecule has 0 aromatic rings. The van der Waals surface area contributed by atoms with Crippen LogP contribution < -0.4 is 0 Å². The normalized spacial score (nSPS) is 12.5. The van der Waals surface area contributed by atoms with E-state index in [2.05, 4.69) is 38.2 Å². The molecule has 0 heterocycles. The van der Waals surface area contributed by atoms with Gasteiger partial charge < -0.3 is 14.6 Å². The first kappa shape index (κ1) is 40.9. The molecule has 0 bridgehead atoms. The fourth-order valence-corrected chi connectivity index (χ4v) is 5.24. The van der Waals surface area contributed by atoms with E-state index in [4.69, 9.17) is 9.47 Å². The second kappa shape index (κ2) is 36.1. The topological polar surface area (TPSA) is 55.8 Å². The van der Waals surface area contributed by atoms with E-state index in [1.54, 1.807) is 0 Å². The van der Waals surface area contributed by atoms with Gasteiger partial charge in [-0.1, -0.05) is 160 Å². The van der Waals surface area contributed by atoms with Crippen LogP contribution in [0.25, 0.3) is 0 Å². The van der Waals surface area contributed by atoms with Crippen molar-refractivity contribution in [3.8, 4) is 0 Å². The Bertz CT molecular complexity index is 586. The van der Waals surface area contributed by atoms with Gasteiger partial charge in [0.15, 0.2) is 0 Å². The van der Waals surface area contributed by atoms with E-state index in [-0.39, 0.29) is 12.6 Å². The third-order valence-corrected chi connectivity index (χ3v) is 8.03. The summed E-state index contributed by atoms with van der Waals surface area (Å²) < 4.78 is 11.1. The molecule has 42 heavy (non-hydrogen) atoms. The number of hydrogen-bond donors (Lipinski definition) is 1. The number of aliphatic hydroxyl groups excluding tert-OH is 1. The highest BCUT2D eigenvalue weighted by Gasteiger charge is 2.13. The quantitative estimate of drug-likeness (QED) is 0.0459. The monoisotopic (exact) mass is 593 g/mol. The summed E-state index contributed by atoms with van der Waals surface area (Å²) in [6, 6.07) is 0. The Balaban J connectivity index is 3.44. The molecule has 0 aliphatic carbocycles. The SMILES string of the molecule is CCCCCC/C=C\C/C=C\CCCCCCCCOCC(CO)OC(=O)CCCCCCCCCCCCCCC. The Morgan fingerprint density at radius 1 is 0.571 bits per heavy atom. The number of hydrogen-bond acceptors (Lipinski definition) is 4. The van der Waals surface area contributed by atoms with Gasteiger partial charge in [0.2, 0.25) is 0 Å².